The molecule has 0 aliphatic heterocycles. The van der Waals surface area contributed by atoms with Gasteiger partial charge in [0.2, 0.25) is 0 Å². The number of aliphatic hydroxyl groups is 1. The molecule has 0 spiro atoms. The Balaban J connectivity index is 5.21. The van der Waals surface area contributed by atoms with E-state index in [0.717, 1.165) is 95.8 Å². The topological polar surface area (TPSA) is 237 Å². The van der Waals surface area contributed by atoms with Crippen LogP contribution in [0.3, 0.4) is 0 Å². The number of phosphoric ester groups is 2. The first-order valence-corrected chi connectivity index (χ1v) is 44.6. The van der Waals surface area contributed by atoms with Gasteiger partial charge in [-0.2, -0.15) is 0 Å². The van der Waals surface area contributed by atoms with Gasteiger partial charge in [0.1, 0.15) is 19.3 Å². The average molecular weight is 1450 g/mol. The summed E-state index contributed by atoms with van der Waals surface area (Å²) in [4.78, 5) is 72.9. The second kappa shape index (κ2) is 73.0. The van der Waals surface area contributed by atoms with Crippen molar-refractivity contribution >= 4 is 39.5 Å². The predicted molar refractivity (Wildman–Crippen MR) is 405 cm³/mol. The van der Waals surface area contributed by atoms with Crippen molar-refractivity contribution in [3.63, 3.8) is 0 Å². The number of aliphatic hydroxyl groups excluding tert-OH is 1. The van der Waals surface area contributed by atoms with Gasteiger partial charge < -0.3 is 33.8 Å². The Morgan fingerprint density at radius 1 is 0.273 bits per heavy atom. The van der Waals surface area contributed by atoms with Crippen molar-refractivity contribution in [3.05, 3.63) is 0 Å². The number of unbranched alkanes of at least 4 members (excludes halogenated alkanes) is 52. The molecule has 0 saturated heterocycles. The molecular weight excluding hydrogens is 1290 g/mol. The highest BCUT2D eigenvalue weighted by Gasteiger charge is 2.30. The van der Waals surface area contributed by atoms with Crippen molar-refractivity contribution in [2.45, 2.75) is 445 Å². The number of hydrogen-bond donors (Lipinski definition) is 3. The zero-order valence-corrected chi connectivity index (χ0v) is 66.4. The summed E-state index contributed by atoms with van der Waals surface area (Å²) >= 11 is 0. The minimum atomic E-state index is -4.96. The van der Waals surface area contributed by atoms with Gasteiger partial charge in [-0.1, -0.05) is 375 Å². The van der Waals surface area contributed by atoms with Crippen LogP contribution < -0.4 is 0 Å². The van der Waals surface area contributed by atoms with Gasteiger partial charge in [-0.25, -0.2) is 9.13 Å². The highest BCUT2D eigenvalue weighted by atomic mass is 31.2. The molecule has 17 nitrogen and oxygen atoms in total. The van der Waals surface area contributed by atoms with E-state index in [9.17, 15) is 43.2 Å². The predicted octanol–water partition coefficient (Wildman–Crippen LogP) is 24.0. The fourth-order valence-electron chi connectivity index (χ4n) is 12.4. The molecule has 0 aromatic rings. The Labute approximate surface area is 607 Å². The van der Waals surface area contributed by atoms with E-state index in [-0.39, 0.29) is 25.7 Å². The zero-order valence-electron chi connectivity index (χ0n) is 64.6. The second-order valence-corrected chi connectivity index (χ2v) is 32.2. The lowest BCUT2D eigenvalue weighted by Crippen LogP contribution is -2.30. The number of rotatable bonds is 80. The van der Waals surface area contributed by atoms with E-state index in [1.807, 2.05) is 0 Å². The smallest absolute Gasteiger partial charge is 0.462 e. The molecule has 0 saturated carbocycles. The lowest BCUT2D eigenvalue weighted by molar-refractivity contribution is -0.161. The van der Waals surface area contributed by atoms with Crippen LogP contribution in [0.15, 0.2) is 0 Å². The third-order valence-electron chi connectivity index (χ3n) is 18.8. The van der Waals surface area contributed by atoms with Crippen LogP contribution >= 0.6 is 15.6 Å². The molecule has 0 rings (SSSR count). The lowest BCUT2D eigenvalue weighted by Gasteiger charge is -2.21. The quantitative estimate of drug-likeness (QED) is 0.0222. The van der Waals surface area contributed by atoms with Crippen LogP contribution in [0.4, 0.5) is 0 Å². The molecule has 2 unspecified atom stereocenters. The Morgan fingerprint density at radius 3 is 0.687 bits per heavy atom. The summed E-state index contributed by atoms with van der Waals surface area (Å²) in [5, 5.41) is 10.6. The molecule has 99 heavy (non-hydrogen) atoms. The summed E-state index contributed by atoms with van der Waals surface area (Å²) in [5.41, 5.74) is 0. The van der Waals surface area contributed by atoms with Gasteiger partial charge in [-0.15, -0.1) is 0 Å². The first-order chi connectivity index (χ1) is 48.0. The first kappa shape index (κ1) is 97.1. The van der Waals surface area contributed by atoms with Crippen molar-refractivity contribution in [3.8, 4) is 0 Å². The maximum absolute atomic E-state index is 13.1. The van der Waals surface area contributed by atoms with Crippen LogP contribution in [0.2, 0.25) is 0 Å². The van der Waals surface area contributed by atoms with E-state index in [4.69, 9.17) is 37.0 Å². The minimum Gasteiger partial charge on any atom is -0.462 e. The van der Waals surface area contributed by atoms with Crippen molar-refractivity contribution in [2.75, 3.05) is 39.6 Å². The number of hydrogen-bond acceptors (Lipinski definition) is 15. The van der Waals surface area contributed by atoms with Crippen LogP contribution in [0, 0.1) is 5.92 Å². The van der Waals surface area contributed by atoms with E-state index in [1.165, 1.54) is 250 Å². The summed E-state index contributed by atoms with van der Waals surface area (Å²) in [6, 6.07) is 0. The SMILES string of the molecule is CCCCCCCCCCCCCCCCCCCCCC(=O)O[C@H](COC(=O)CCCCCCCCCCCCCCCCCCCC)COP(=O)(O)OC[C@@H](O)COP(=O)(O)OC[C@@H](COC(=O)CCCCCCCCCCC)OC(=O)CCCCCCCCCCCCC(C)C. The lowest BCUT2D eigenvalue weighted by atomic mass is 10.0. The fourth-order valence-corrected chi connectivity index (χ4v) is 14.0. The van der Waals surface area contributed by atoms with E-state index in [0.29, 0.717) is 25.7 Å². The summed E-state index contributed by atoms with van der Waals surface area (Å²) in [7, 11) is -9.91. The van der Waals surface area contributed by atoms with E-state index in [2.05, 4.69) is 34.6 Å². The molecule has 0 radical (unpaired) electrons. The Bertz CT molecular complexity index is 1890. The van der Waals surface area contributed by atoms with Gasteiger partial charge in [0.15, 0.2) is 12.2 Å². The standard InChI is InChI=1S/C80H156O17P2/c1-6-9-12-15-18-21-23-25-27-29-31-33-35-37-39-45-50-55-60-65-79(84)96-76(70-91-78(83)64-59-54-49-44-38-36-34-32-30-28-26-24-22-19-16-13-10-7-2)72-95-99(88,89)93-68-74(81)67-92-98(86,87)94-71-75(69-90-77(82)63-58-53-48-42-20-17-14-11-8-3)97-80(85)66-61-56-51-46-41-40-43-47-52-57-62-73(4)5/h73-76,81H,6-72H2,1-5H3,(H,86,87)(H,88,89)/t74-,75+,76+/m0/s1. The summed E-state index contributed by atoms with van der Waals surface area (Å²) < 4.78 is 68.6. The van der Waals surface area contributed by atoms with E-state index < -0.39 is 97.5 Å². The van der Waals surface area contributed by atoms with Gasteiger partial charge in [0.25, 0.3) is 0 Å². The summed E-state index contributed by atoms with van der Waals surface area (Å²) in [5.74, 6) is -1.36. The molecule has 5 atom stereocenters. The second-order valence-electron chi connectivity index (χ2n) is 29.3. The highest BCUT2D eigenvalue weighted by molar-refractivity contribution is 7.47. The maximum Gasteiger partial charge on any atom is 0.472 e. The fraction of sp³-hybridized carbons (Fsp3) is 0.950. The Morgan fingerprint density at radius 2 is 0.465 bits per heavy atom. The van der Waals surface area contributed by atoms with E-state index in [1.54, 1.807) is 0 Å². The molecule has 3 N–H and O–H groups in total. The zero-order chi connectivity index (χ0) is 72.7. The van der Waals surface area contributed by atoms with Gasteiger partial charge in [-0.3, -0.25) is 37.3 Å². The number of ether oxygens (including phenoxy) is 4. The molecule has 0 fully saturated rings. The number of phosphoric acid groups is 2. The van der Waals surface area contributed by atoms with Gasteiger partial charge in [0, 0.05) is 25.7 Å². The number of esters is 4. The largest absolute Gasteiger partial charge is 0.472 e. The van der Waals surface area contributed by atoms with E-state index >= 15 is 0 Å². The molecule has 588 valence electrons. The minimum absolute atomic E-state index is 0.106. The Kier molecular flexibility index (Phi) is 71.6. The van der Waals surface area contributed by atoms with Crippen LogP contribution in [-0.2, 0) is 65.4 Å². The molecule has 0 amide bonds. The highest BCUT2D eigenvalue weighted by Crippen LogP contribution is 2.45. The first-order valence-electron chi connectivity index (χ1n) is 41.6. The van der Waals surface area contributed by atoms with Crippen molar-refractivity contribution in [1.82, 2.24) is 0 Å². The van der Waals surface area contributed by atoms with Gasteiger partial charge in [0.05, 0.1) is 26.4 Å². The van der Waals surface area contributed by atoms with Crippen LogP contribution in [0.1, 0.15) is 426 Å². The van der Waals surface area contributed by atoms with Gasteiger partial charge in [-0.05, 0) is 31.6 Å². The summed E-state index contributed by atoms with van der Waals surface area (Å²) in [6.45, 7) is 7.30. The molecule has 0 aromatic heterocycles. The van der Waals surface area contributed by atoms with Crippen molar-refractivity contribution in [1.29, 1.82) is 0 Å². The van der Waals surface area contributed by atoms with Crippen LogP contribution in [0.25, 0.3) is 0 Å². The molecule has 19 heteroatoms. The van der Waals surface area contributed by atoms with Crippen molar-refractivity contribution in [2.24, 2.45) is 5.92 Å². The monoisotopic (exact) mass is 1450 g/mol. The number of carbonyl (C=O) groups is 4. The third kappa shape index (κ3) is 74.1. The van der Waals surface area contributed by atoms with Crippen LogP contribution in [-0.4, -0.2) is 96.7 Å². The molecular formula is C80H156O17P2. The number of carbonyl (C=O) groups excluding carboxylic acids is 4. The normalized spacial score (nSPS) is 13.9. The molecule has 0 bridgehead atoms. The summed E-state index contributed by atoms with van der Waals surface area (Å²) in [6.07, 6.45) is 63.9. The third-order valence-corrected chi connectivity index (χ3v) is 20.7. The average Bonchev–Trinajstić information content (AvgIpc) is 1.35. The molecule has 0 heterocycles. The molecule has 0 aliphatic carbocycles. The molecule has 0 aromatic carbocycles. The molecule has 0 aliphatic rings. The van der Waals surface area contributed by atoms with Gasteiger partial charge >= 0.3 is 39.5 Å². The maximum atomic E-state index is 13.1. The van der Waals surface area contributed by atoms with Crippen molar-refractivity contribution < 1.29 is 80.2 Å². The Hall–Kier alpha value is -1.94. The van der Waals surface area contributed by atoms with Crippen LogP contribution in [0.5, 0.6) is 0 Å².